The van der Waals surface area contributed by atoms with Crippen molar-refractivity contribution < 1.29 is 0 Å². The molecule has 3 aromatic heterocycles. The van der Waals surface area contributed by atoms with Crippen LogP contribution in [0.4, 0.5) is 0 Å². The van der Waals surface area contributed by atoms with Crippen LogP contribution >= 0.6 is 0 Å². The van der Waals surface area contributed by atoms with E-state index in [-0.39, 0.29) is 0 Å². The normalized spacial score (nSPS) is 11.5. The van der Waals surface area contributed by atoms with Gasteiger partial charge in [0.1, 0.15) is 0 Å². The zero-order valence-electron chi connectivity index (χ0n) is 34.2. The van der Waals surface area contributed by atoms with Gasteiger partial charge in [-0.1, -0.05) is 200 Å². The fourth-order valence-electron chi connectivity index (χ4n) is 9.22. The van der Waals surface area contributed by atoms with Crippen LogP contribution in [0, 0.1) is 0 Å². The van der Waals surface area contributed by atoms with E-state index in [1.165, 1.54) is 38.3 Å². The summed E-state index contributed by atoms with van der Waals surface area (Å²) in [5, 5.41) is 5.91. The van der Waals surface area contributed by atoms with Crippen molar-refractivity contribution in [1.82, 2.24) is 19.5 Å². The van der Waals surface area contributed by atoms with Gasteiger partial charge in [0, 0.05) is 60.4 Å². The maximum atomic E-state index is 5.57. The van der Waals surface area contributed by atoms with Crippen LogP contribution < -0.4 is 0 Å². The van der Waals surface area contributed by atoms with Crippen molar-refractivity contribution in [2.24, 2.45) is 0 Å². The molecule has 12 aromatic rings. The van der Waals surface area contributed by atoms with E-state index < -0.39 is 0 Å². The molecular weight excluding hydrogens is 765 g/mol. The quantitative estimate of drug-likeness (QED) is 0.151. The molecule has 0 aliphatic carbocycles. The van der Waals surface area contributed by atoms with Crippen molar-refractivity contribution >= 4 is 43.5 Å². The average Bonchev–Trinajstić information content (AvgIpc) is 3.71. The van der Waals surface area contributed by atoms with Crippen LogP contribution in [0.3, 0.4) is 0 Å². The Hall–Kier alpha value is -8.47. The highest BCUT2D eigenvalue weighted by Gasteiger charge is 2.21. The molecule has 0 bridgehead atoms. The second-order valence-electron chi connectivity index (χ2n) is 15.9. The lowest BCUT2D eigenvalue weighted by atomic mass is 9.93. The molecule has 12 rings (SSSR count). The molecule has 0 aliphatic heterocycles. The Kier molecular flexibility index (Phi) is 8.79. The second kappa shape index (κ2) is 15.2. The van der Waals surface area contributed by atoms with Gasteiger partial charge >= 0.3 is 0 Å². The van der Waals surface area contributed by atoms with Gasteiger partial charge in [-0.25, -0.2) is 15.0 Å². The largest absolute Gasteiger partial charge is 0.309 e. The summed E-state index contributed by atoms with van der Waals surface area (Å²) in [5.41, 5.74) is 15.8. The summed E-state index contributed by atoms with van der Waals surface area (Å²) in [6.07, 6.45) is 0. The van der Waals surface area contributed by atoms with Gasteiger partial charge in [-0.3, -0.25) is 0 Å². The van der Waals surface area contributed by atoms with Crippen molar-refractivity contribution in [1.29, 1.82) is 0 Å². The van der Waals surface area contributed by atoms with Gasteiger partial charge in [-0.15, -0.1) is 0 Å². The summed E-state index contributed by atoms with van der Waals surface area (Å²) in [5.74, 6) is 0.692. The highest BCUT2D eigenvalue weighted by molar-refractivity contribution is 6.30. The van der Waals surface area contributed by atoms with E-state index in [1.54, 1.807) is 0 Å². The first-order valence-corrected chi connectivity index (χ1v) is 21.4. The number of para-hydroxylation sites is 3. The fraction of sp³-hybridized carbons (Fsp3) is 0. The van der Waals surface area contributed by atoms with Crippen LogP contribution in [0.1, 0.15) is 0 Å². The maximum Gasteiger partial charge on any atom is 0.160 e. The third-order valence-corrected chi connectivity index (χ3v) is 12.2. The molecule has 9 aromatic carbocycles. The lowest BCUT2D eigenvalue weighted by molar-refractivity contribution is 1.18. The second-order valence-corrected chi connectivity index (χ2v) is 15.9. The van der Waals surface area contributed by atoms with E-state index >= 15 is 0 Å². The smallest absolute Gasteiger partial charge is 0.160 e. The summed E-state index contributed by atoms with van der Waals surface area (Å²) in [6.45, 7) is 0. The van der Waals surface area contributed by atoms with E-state index in [0.29, 0.717) is 5.82 Å². The Bertz CT molecular complexity index is 3620. The van der Waals surface area contributed by atoms with E-state index in [0.717, 1.165) is 72.4 Å². The molecule has 0 radical (unpaired) electrons. The minimum atomic E-state index is 0.692. The van der Waals surface area contributed by atoms with Crippen molar-refractivity contribution in [3.8, 4) is 73.1 Å². The van der Waals surface area contributed by atoms with Crippen LogP contribution in [0.15, 0.2) is 231 Å². The molecule has 0 atom stereocenters. The van der Waals surface area contributed by atoms with E-state index in [9.17, 15) is 0 Å². The Morgan fingerprint density at radius 1 is 0.302 bits per heavy atom. The molecule has 0 unspecified atom stereocenters. The van der Waals surface area contributed by atoms with Gasteiger partial charge in [0.25, 0.3) is 0 Å². The maximum absolute atomic E-state index is 5.57. The third-order valence-electron chi connectivity index (χ3n) is 12.2. The van der Waals surface area contributed by atoms with Gasteiger partial charge < -0.3 is 4.57 Å². The fourth-order valence-corrected chi connectivity index (χ4v) is 9.22. The molecule has 0 saturated heterocycles. The molecule has 0 aliphatic rings. The lowest BCUT2D eigenvalue weighted by Gasteiger charge is -2.15. The van der Waals surface area contributed by atoms with Crippen molar-refractivity contribution in [3.05, 3.63) is 231 Å². The SMILES string of the molecule is c1ccc(-c2ccc(-c3cc(-c4ccc(-c5cccc6c5nc(-c5ccccc5)c5ccc7c(c8ccccc8n7-c7ccccc7)c56)cc4)nc(-c4ccccc4)n3)cc2)cc1. The van der Waals surface area contributed by atoms with Gasteiger partial charge in [0.15, 0.2) is 5.82 Å². The summed E-state index contributed by atoms with van der Waals surface area (Å²) < 4.78 is 2.39. The molecule has 0 amide bonds. The first kappa shape index (κ1) is 36.4. The number of pyridine rings is 1. The number of hydrogen-bond donors (Lipinski definition) is 0. The van der Waals surface area contributed by atoms with Crippen molar-refractivity contribution in [3.63, 3.8) is 0 Å². The molecule has 3 heterocycles. The van der Waals surface area contributed by atoms with Crippen LogP contribution in [0.25, 0.3) is 117 Å². The van der Waals surface area contributed by atoms with Crippen LogP contribution in [0.2, 0.25) is 0 Å². The van der Waals surface area contributed by atoms with Gasteiger partial charge in [0.05, 0.1) is 33.6 Å². The van der Waals surface area contributed by atoms with Crippen molar-refractivity contribution in [2.45, 2.75) is 0 Å². The summed E-state index contributed by atoms with van der Waals surface area (Å²) in [6, 6.07) is 81.4. The predicted octanol–water partition coefficient (Wildman–Crippen LogP) is 15.3. The third kappa shape index (κ3) is 6.36. The Labute approximate surface area is 365 Å². The molecule has 0 N–H and O–H groups in total. The van der Waals surface area contributed by atoms with Gasteiger partial charge in [-0.05, 0) is 47.0 Å². The molecule has 0 fully saturated rings. The minimum Gasteiger partial charge on any atom is -0.309 e. The predicted molar refractivity (Wildman–Crippen MR) is 262 cm³/mol. The molecule has 63 heavy (non-hydrogen) atoms. The first-order chi connectivity index (χ1) is 31.2. The summed E-state index contributed by atoms with van der Waals surface area (Å²) >= 11 is 0. The molecular formula is C59H38N4. The number of nitrogens with zero attached hydrogens (tertiary/aromatic N) is 4. The highest BCUT2D eigenvalue weighted by Crippen LogP contribution is 2.44. The van der Waals surface area contributed by atoms with Crippen LogP contribution in [-0.2, 0) is 0 Å². The molecule has 4 heteroatoms. The lowest BCUT2D eigenvalue weighted by Crippen LogP contribution is -1.96. The zero-order valence-corrected chi connectivity index (χ0v) is 34.2. The molecule has 0 saturated carbocycles. The van der Waals surface area contributed by atoms with Crippen molar-refractivity contribution in [2.75, 3.05) is 0 Å². The van der Waals surface area contributed by atoms with E-state index in [1.807, 2.05) is 24.3 Å². The Morgan fingerprint density at radius 2 is 0.825 bits per heavy atom. The molecule has 0 spiro atoms. The Balaban J connectivity index is 1.03. The number of benzene rings is 9. The summed E-state index contributed by atoms with van der Waals surface area (Å²) in [4.78, 5) is 15.8. The molecule has 4 nitrogen and oxygen atoms in total. The van der Waals surface area contributed by atoms with Gasteiger partial charge in [0.2, 0.25) is 0 Å². The number of hydrogen-bond acceptors (Lipinski definition) is 3. The first-order valence-electron chi connectivity index (χ1n) is 21.4. The monoisotopic (exact) mass is 802 g/mol. The minimum absolute atomic E-state index is 0.692. The standard InChI is InChI=1S/C59H38N4/c1-5-16-39(17-6-1)40-28-32-42(33-29-40)51-38-52(61-59(60-51)45-20-9-3-10-21-45)43-34-30-41(31-35-43)47-25-15-26-49-55-50(57(62-58(47)49)44-18-7-2-8-19-44)36-37-54-56(55)48-24-13-14-27-53(48)63(54)46-22-11-4-12-23-46/h1-38H. The van der Waals surface area contributed by atoms with Gasteiger partial charge in [-0.2, -0.15) is 0 Å². The zero-order chi connectivity index (χ0) is 41.7. The topological polar surface area (TPSA) is 43.6 Å². The average molecular weight is 803 g/mol. The number of aromatic nitrogens is 4. The number of fused-ring (bicyclic) bond motifs is 7. The van der Waals surface area contributed by atoms with E-state index in [2.05, 4.69) is 211 Å². The van der Waals surface area contributed by atoms with Crippen LogP contribution in [0.5, 0.6) is 0 Å². The Morgan fingerprint density at radius 3 is 1.49 bits per heavy atom. The molecule has 294 valence electrons. The van der Waals surface area contributed by atoms with Crippen LogP contribution in [-0.4, -0.2) is 19.5 Å². The number of rotatable bonds is 7. The van der Waals surface area contributed by atoms with E-state index in [4.69, 9.17) is 15.0 Å². The highest BCUT2D eigenvalue weighted by atomic mass is 15.0. The summed E-state index contributed by atoms with van der Waals surface area (Å²) in [7, 11) is 0.